The van der Waals surface area contributed by atoms with Crippen molar-refractivity contribution in [2.45, 2.75) is 6.92 Å². The highest BCUT2D eigenvalue weighted by Crippen LogP contribution is 2.28. The van der Waals surface area contributed by atoms with Gasteiger partial charge in [-0.15, -0.1) is 0 Å². The summed E-state index contributed by atoms with van der Waals surface area (Å²) in [6.45, 7) is 1.71. The first kappa shape index (κ1) is 10.6. The van der Waals surface area contributed by atoms with Gasteiger partial charge in [-0.2, -0.15) is 0 Å². The van der Waals surface area contributed by atoms with Gasteiger partial charge in [0.2, 0.25) is 0 Å². The number of rotatable bonds is 2. The number of carboxylic acid groups (broad SMARTS) is 1. The van der Waals surface area contributed by atoms with Crippen molar-refractivity contribution in [1.82, 2.24) is 9.97 Å². The Morgan fingerprint density at radius 1 is 1.39 bits per heavy atom. The van der Waals surface area contributed by atoms with E-state index in [1.807, 2.05) is 24.3 Å². The maximum atomic E-state index is 11.1. The monoisotopic (exact) mass is 242 g/mol. The van der Waals surface area contributed by atoms with E-state index in [0.29, 0.717) is 17.3 Å². The molecule has 3 rings (SSSR count). The van der Waals surface area contributed by atoms with Crippen molar-refractivity contribution >= 4 is 16.9 Å². The largest absolute Gasteiger partial charge is 0.476 e. The summed E-state index contributed by atoms with van der Waals surface area (Å²) >= 11 is 0. The lowest BCUT2D eigenvalue weighted by Crippen LogP contribution is -1.98. The van der Waals surface area contributed by atoms with E-state index < -0.39 is 5.97 Å². The summed E-state index contributed by atoms with van der Waals surface area (Å²) in [5, 5.41) is 10.0. The van der Waals surface area contributed by atoms with Gasteiger partial charge in [-0.1, -0.05) is 18.2 Å². The zero-order valence-electron chi connectivity index (χ0n) is 9.60. The van der Waals surface area contributed by atoms with Crippen LogP contribution in [-0.4, -0.2) is 21.0 Å². The summed E-state index contributed by atoms with van der Waals surface area (Å²) in [7, 11) is 0. The quantitative estimate of drug-likeness (QED) is 0.724. The van der Waals surface area contributed by atoms with Crippen LogP contribution in [0.2, 0.25) is 0 Å². The number of carboxylic acids is 1. The molecule has 0 unspecified atom stereocenters. The minimum atomic E-state index is -1.07. The summed E-state index contributed by atoms with van der Waals surface area (Å²) in [4.78, 5) is 18.0. The maximum Gasteiger partial charge on any atom is 0.356 e. The number of aryl methyl sites for hydroxylation is 1. The van der Waals surface area contributed by atoms with Gasteiger partial charge in [0.25, 0.3) is 0 Å². The van der Waals surface area contributed by atoms with Crippen molar-refractivity contribution < 1.29 is 14.3 Å². The van der Waals surface area contributed by atoms with Crippen LogP contribution in [0.3, 0.4) is 0 Å². The van der Waals surface area contributed by atoms with Crippen LogP contribution in [0.1, 0.15) is 16.3 Å². The first-order valence-corrected chi connectivity index (χ1v) is 5.44. The molecule has 0 aliphatic rings. The maximum absolute atomic E-state index is 11.1. The summed E-state index contributed by atoms with van der Waals surface area (Å²) in [5.41, 5.74) is 1.10. The molecule has 0 atom stereocenters. The molecule has 0 fully saturated rings. The number of hydrogen-bond acceptors (Lipinski definition) is 3. The van der Waals surface area contributed by atoms with Gasteiger partial charge in [-0.3, -0.25) is 0 Å². The predicted octanol–water partition coefficient (Wildman–Crippen LogP) is 2.83. The topological polar surface area (TPSA) is 79.1 Å². The number of H-pyrrole nitrogens is 1. The van der Waals surface area contributed by atoms with Gasteiger partial charge in [-0.05, 0) is 19.1 Å². The van der Waals surface area contributed by atoms with Gasteiger partial charge >= 0.3 is 5.97 Å². The van der Waals surface area contributed by atoms with Crippen LogP contribution in [0.5, 0.6) is 0 Å². The second kappa shape index (κ2) is 3.73. The third-order valence-electron chi connectivity index (χ3n) is 2.70. The fourth-order valence-electron chi connectivity index (χ4n) is 1.93. The van der Waals surface area contributed by atoms with E-state index in [1.54, 1.807) is 13.0 Å². The fourth-order valence-corrected chi connectivity index (χ4v) is 1.93. The number of benzene rings is 1. The molecule has 0 aliphatic heterocycles. The van der Waals surface area contributed by atoms with E-state index in [2.05, 4.69) is 9.97 Å². The zero-order chi connectivity index (χ0) is 12.7. The minimum Gasteiger partial charge on any atom is -0.476 e. The molecule has 0 saturated heterocycles. The number of furan rings is 1. The first-order valence-electron chi connectivity index (χ1n) is 5.44. The Labute approximate surface area is 102 Å². The number of aromatic nitrogens is 2. The Morgan fingerprint density at radius 3 is 2.89 bits per heavy atom. The molecule has 0 amide bonds. The molecule has 18 heavy (non-hydrogen) atoms. The van der Waals surface area contributed by atoms with Crippen LogP contribution in [-0.2, 0) is 0 Å². The van der Waals surface area contributed by atoms with Crippen LogP contribution in [0.4, 0.5) is 0 Å². The van der Waals surface area contributed by atoms with Crippen LogP contribution in [0.15, 0.2) is 34.7 Å². The summed E-state index contributed by atoms with van der Waals surface area (Å²) in [5.74, 6) is -0.0492. The summed E-state index contributed by atoms with van der Waals surface area (Å²) in [6.07, 6.45) is 0. The summed E-state index contributed by atoms with van der Waals surface area (Å²) in [6, 6.07) is 9.31. The van der Waals surface area contributed by atoms with E-state index >= 15 is 0 Å². The van der Waals surface area contributed by atoms with E-state index in [1.165, 1.54) is 0 Å². The molecular formula is C13H10N2O3. The van der Waals surface area contributed by atoms with Crippen LogP contribution >= 0.6 is 0 Å². The van der Waals surface area contributed by atoms with E-state index in [9.17, 15) is 4.79 Å². The third kappa shape index (κ3) is 1.57. The van der Waals surface area contributed by atoms with Gasteiger partial charge in [0, 0.05) is 5.39 Å². The molecule has 0 bridgehead atoms. The van der Waals surface area contributed by atoms with Crippen molar-refractivity contribution in [2.75, 3.05) is 0 Å². The van der Waals surface area contributed by atoms with E-state index in [-0.39, 0.29) is 5.69 Å². The lowest BCUT2D eigenvalue weighted by molar-refractivity contribution is 0.0691. The lowest BCUT2D eigenvalue weighted by Gasteiger charge is -1.93. The number of nitrogens with one attached hydrogen (secondary N) is 1. The Kier molecular flexibility index (Phi) is 2.19. The molecule has 0 saturated carbocycles. The molecule has 0 spiro atoms. The fraction of sp³-hybridized carbons (Fsp3) is 0.0769. The predicted molar refractivity (Wildman–Crippen MR) is 65.5 cm³/mol. The molecule has 5 heteroatoms. The summed E-state index contributed by atoms with van der Waals surface area (Å²) < 4.78 is 5.62. The third-order valence-corrected chi connectivity index (χ3v) is 2.70. The molecule has 2 aromatic heterocycles. The highest BCUT2D eigenvalue weighted by molar-refractivity contribution is 5.93. The first-order chi connectivity index (χ1) is 8.65. The average Bonchev–Trinajstić information content (AvgIpc) is 2.91. The minimum absolute atomic E-state index is 0.0217. The molecule has 2 N–H and O–H groups in total. The van der Waals surface area contributed by atoms with E-state index in [0.717, 1.165) is 11.0 Å². The highest BCUT2D eigenvalue weighted by atomic mass is 16.4. The Morgan fingerprint density at radius 2 is 2.17 bits per heavy atom. The molecule has 2 heterocycles. The molecule has 3 aromatic rings. The Bertz CT molecular complexity index is 707. The number of para-hydroxylation sites is 1. The van der Waals surface area contributed by atoms with Crippen molar-refractivity contribution in [2.24, 2.45) is 0 Å². The van der Waals surface area contributed by atoms with Crippen molar-refractivity contribution in [3.05, 3.63) is 41.9 Å². The number of aromatic amines is 1. The average molecular weight is 242 g/mol. The van der Waals surface area contributed by atoms with E-state index in [4.69, 9.17) is 9.52 Å². The van der Waals surface area contributed by atoms with Crippen LogP contribution in [0, 0.1) is 6.92 Å². The SMILES string of the molecule is Cc1nc(C(=O)O)c(-c2cc3ccccc3o2)[nH]1. The zero-order valence-corrected chi connectivity index (χ0v) is 9.60. The van der Waals surface area contributed by atoms with Crippen LogP contribution in [0.25, 0.3) is 22.4 Å². The number of hydrogen-bond donors (Lipinski definition) is 2. The van der Waals surface area contributed by atoms with Gasteiger partial charge in [0.1, 0.15) is 17.1 Å². The molecule has 0 aliphatic carbocycles. The Hall–Kier alpha value is -2.56. The second-order valence-electron chi connectivity index (χ2n) is 4.00. The normalized spacial score (nSPS) is 10.9. The number of imidazole rings is 1. The molecule has 0 radical (unpaired) electrons. The number of carbonyl (C=O) groups is 1. The van der Waals surface area contributed by atoms with Gasteiger partial charge in [-0.25, -0.2) is 9.78 Å². The molecular weight excluding hydrogens is 232 g/mol. The molecule has 1 aromatic carbocycles. The lowest BCUT2D eigenvalue weighted by atomic mass is 10.2. The van der Waals surface area contributed by atoms with Crippen molar-refractivity contribution in [1.29, 1.82) is 0 Å². The van der Waals surface area contributed by atoms with Crippen molar-refractivity contribution in [3.8, 4) is 11.5 Å². The molecule has 5 nitrogen and oxygen atoms in total. The highest BCUT2D eigenvalue weighted by Gasteiger charge is 2.19. The van der Waals surface area contributed by atoms with Gasteiger partial charge in [0.05, 0.1) is 0 Å². The van der Waals surface area contributed by atoms with Crippen molar-refractivity contribution in [3.63, 3.8) is 0 Å². The van der Waals surface area contributed by atoms with Gasteiger partial charge < -0.3 is 14.5 Å². The number of aromatic carboxylic acids is 1. The standard InChI is InChI=1S/C13H10N2O3/c1-7-14-11(12(15-7)13(16)17)10-6-8-4-2-3-5-9(8)18-10/h2-6H,1H3,(H,14,15)(H,16,17). The molecule has 90 valence electrons. The number of nitrogens with zero attached hydrogens (tertiary/aromatic N) is 1. The van der Waals surface area contributed by atoms with Gasteiger partial charge in [0.15, 0.2) is 11.5 Å². The second-order valence-corrected chi connectivity index (χ2v) is 4.00. The smallest absolute Gasteiger partial charge is 0.356 e. The number of fused-ring (bicyclic) bond motifs is 1. The van der Waals surface area contributed by atoms with Crippen LogP contribution < -0.4 is 0 Å². The Balaban J connectivity index is 2.22.